The maximum atomic E-state index is 11.4. The van der Waals surface area contributed by atoms with Crippen LogP contribution in [0.5, 0.6) is 0 Å². The molecular formula is C11H23N2O6P. The quantitative estimate of drug-likeness (QED) is 0.379. The van der Waals surface area contributed by atoms with Crippen molar-refractivity contribution in [2.45, 2.75) is 32.6 Å². The van der Waals surface area contributed by atoms with E-state index in [0.717, 1.165) is 7.11 Å². The lowest BCUT2D eigenvalue weighted by atomic mass is 10.2. The summed E-state index contributed by atoms with van der Waals surface area (Å²) in [7, 11) is -2.91. The van der Waals surface area contributed by atoms with E-state index in [4.69, 9.17) is 4.89 Å². The topological polar surface area (TPSA) is 114 Å². The van der Waals surface area contributed by atoms with E-state index >= 15 is 0 Å². The Hall–Kier alpha value is -0.950. The number of nitrogens with one attached hydrogen (secondary N) is 2. The van der Waals surface area contributed by atoms with Crippen molar-refractivity contribution < 1.29 is 28.1 Å². The first-order chi connectivity index (χ1) is 9.41. The number of carbonyl (C=O) groups is 2. The summed E-state index contributed by atoms with van der Waals surface area (Å²) in [5, 5.41) is 5.22. The summed E-state index contributed by atoms with van der Waals surface area (Å²) in [5.41, 5.74) is 0. The lowest BCUT2D eigenvalue weighted by Gasteiger charge is -2.09. The minimum absolute atomic E-state index is 0.0143. The van der Waals surface area contributed by atoms with Crippen molar-refractivity contribution in [3.8, 4) is 0 Å². The normalized spacial score (nSPS) is 13.6. The molecule has 0 radical (unpaired) electrons. The van der Waals surface area contributed by atoms with Crippen molar-refractivity contribution in [1.29, 1.82) is 0 Å². The first-order valence-electron chi connectivity index (χ1n) is 6.47. The third kappa shape index (κ3) is 10.9. The highest BCUT2D eigenvalue weighted by Gasteiger charge is 2.17. The van der Waals surface area contributed by atoms with Gasteiger partial charge in [-0.05, 0) is 19.8 Å². The highest BCUT2D eigenvalue weighted by Crippen LogP contribution is 2.41. The molecular weight excluding hydrogens is 287 g/mol. The molecule has 0 fully saturated rings. The molecule has 0 saturated heterocycles. The number of hydrogen-bond donors (Lipinski definition) is 3. The zero-order valence-corrected chi connectivity index (χ0v) is 12.8. The van der Waals surface area contributed by atoms with E-state index in [9.17, 15) is 14.2 Å². The summed E-state index contributed by atoms with van der Waals surface area (Å²) in [4.78, 5) is 31.4. The largest absolute Gasteiger partial charge is 0.471 e. The zero-order chi connectivity index (χ0) is 15.4. The van der Waals surface area contributed by atoms with E-state index in [0.29, 0.717) is 32.2 Å². The van der Waals surface area contributed by atoms with Crippen molar-refractivity contribution in [3.63, 3.8) is 0 Å². The Morgan fingerprint density at radius 2 is 1.70 bits per heavy atom. The Labute approximate surface area is 118 Å². The summed E-state index contributed by atoms with van der Waals surface area (Å²) < 4.78 is 19.7. The van der Waals surface area contributed by atoms with E-state index in [2.05, 4.69) is 19.7 Å². The number of carbonyl (C=O) groups excluding carboxylic acids is 2. The van der Waals surface area contributed by atoms with Crippen LogP contribution in [0.2, 0.25) is 0 Å². The molecule has 0 aliphatic heterocycles. The predicted octanol–water partition coefficient (Wildman–Crippen LogP) is 0.563. The second-order valence-electron chi connectivity index (χ2n) is 3.99. The van der Waals surface area contributed by atoms with Crippen molar-refractivity contribution in [3.05, 3.63) is 0 Å². The summed E-state index contributed by atoms with van der Waals surface area (Å²) in [6.07, 6.45) is 1.97. The summed E-state index contributed by atoms with van der Waals surface area (Å²) in [6, 6.07) is 0. The van der Waals surface area contributed by atoms with Crippen molar-refractivity contribution >= 4 is 19.6 Å². The van der Waals surface area contributed by atoms with Gasteiger partial charge in [0.15, 0.2) is 0 Å². The Balaban J connectivity index is 3.51. The van der Waals surface area contributed by atoms with Crippen LogP contribution in [0.3, 0.4) is 0 Å². The summed E-state index contributed by atoms with van der Waals surface area (Å²) >= 11 is 0. The van der Waals surface area contributed by atoms with Gasteiger partial charge < -0.3 is 15.5 Å². The Kier molecular flexibility index (Phi) is 10.3. The van der Waals surface area contributed by atoms with Gasteiger partial charge in [-0.15, -0.1) is 0 Å². The van der Waals surface area contributed by atoms with Crippen LogP contribution in [0.1, 0.15) is 32.6 Å². The van der Waals surface area contributed by atoms with Crippen LogP contribution in [0, 0.1) is 0 Å². The van der Waals surface area contributed by atoms with E-state index in [1.165, 1.54) is 0 Å². The van der Waals surface area contributed by atoms with Crippen molar-refractivity contribution in [2.75, 3.05) is 26.8 Å². The number of rotatable bonds is 11. The number of hydrogen-bond acceptors (Lipinski definition) is 5. The molecule has 1 unspecified atom stereocenters. The fourth-order valence-electron chi connectivity index (χ4n) is 1.35. The SMILES string of the molecule is CCNC(=O)CCCCC(=O)NCCOP(=O)(O)OC. The highest BCUT2D eigenvalue weighted by atomic mass is 31.2. The summed E-state index contributed by atoms with van der Waals surface area (Å²) in [5.74, 6) is -0.200. The first kappa shape index (κ1) is 19.1. The fraction of sp³-hybridized carbons (Fsp3) is 0.818. The van der Waals surface area contributed by atoms with Gasteiger partial charge in [0, 0.05) is 33.0 Å². The molecule has 0 saturated carbocycles. The monoisotopic (exact) mass is 310 g/mol. The smallest absolute Gasteiger partial charge is 0.356 e. The molecule has 9 heteroatoms. The molecule has 0 aliphatic rings. The van der Waals surface area contributed by atoms with Gasteiger partial charge in [-0.2, -0.15) is 0 Å². The van der Waals surface area contributed by atoms with Crippen molar-refractivity contribution in [1.82, 2.24) is 10.6 Å². The van der Waals surface area contributed by atoms with Gasteiger partial charge in [0.05, 0.1) is 6.61 Å². The van der Waals surface area contributed by atoms with E-state index in [-0.39, 0.29) is 25.0 Å². The molecule has 3 N–H and O–H groups in total. The second kappa shape index (κ2) is 10.8. The number of unbranched alkanes of at least 4 members (excludes halogenated alkanes) is 1. The molecule has 20 heavy (non-hydrogen) atoms. The molecule has 0 rings (SSSR count). The third-order valence-electron chi connectivity index (χ3n) is 2.34. The summed E-state index contributed by atoms with van der Waals surface area (Å²) in [6.45, 7) is 2.48. The first-order valence-corrected chi connectivity index (χ1v) is 7.97. The van der Waals surface area contributed by atoms with Gasteiger partial charge in [-0.25, -0.2) is 4.57 Å². The molecule has 0 aromatic carbocycles. The molecule has 118 valence electrons. The standard InChI is InChI=1S/C11H23N2O6P/c1-3-12-10(14)6-4-5-7-11(15)13-8-9-19-20(16,17)18-2/h3-9H2,1-2H3,(H,12,14)(H,13,15)(H,16,17). The number of phosphoric ester groups is 1. The van der Waals surface area contributed by atoms with Gasteiger partial charge in [0.1, 0.15) is 0 Å². The molecule has 2 amide bonds. The van der Waals surface area contributed by atoms with E-state index in [1.807, 2.05) is 6.92 Å². The molecule has 0 aliphatic carbocycles. The van der Waals surface area contributed by atoms with Crippen LogP contribution in [-0.4, -0.2) is 43.5 Å². The minimum atomic E-state index is -3.97. The molecule has 0 heterocycles. The van der Waals surface area contributed by atoms with Crippen molar-refractivity contribution in [2.24, 2.45) is 0 Å². The van der Waals surface area contributed by atoms with Gasteiger partial charge in [0.2, 0.25) is 11.8 Å². The third-order valence-corrected chi connectivity index (χ3v) is 3.31. The van der Waals surface area contributed by atoms with Crippen LogP contribution >= 0.6 is 7.82 Å². The van der Waals surface area contributed by atoms with Gasteiger partial charge >= 0.3 is 7.82 Å². The average Bonchev–Trinajstić information content (AvgIpc) is 2.40. The Morgan fingerprint density at radius 3 is 2.20 bits per heavy atom. The Bertz CT molecular complexity index is 350. The lowest BCUT2D eigenvalue weighted by molar-refractivity contribution is -0.123. The van der Waals surface area contributed by atoms with Crippen LogP contribution < -0.4 is 10.6 Å². The van der Waals surface area contributed by atoms with Crippen LogP contribution in [-0.2, 0) is 23.2 Å². The second-order valence-corrected chi connectivity index (χ2v) is 5.56. The van der Waals surface area contributed by atoms with Gasteiger partial charge in [0.25, 0.3) is 0 Å². The lowest BCUT2D eigenvalue weighted by Crippen LogP contribution is -2.27. The zero-order valence-electron chi connectivity index (χ0n) is 11.9. The maximum Gasteiger partial charge on any atom is 0.471 e. The molecule has 1 atom stereocenters. The van der Waals surface area contributed by atoms with Crippen LogP contribution in [0.4, 0.5) is 0 Å². The van der Waals surface area contributed by atoms with Gasteiger partial charge in [-0.1, -0.05) is 0 Å². The fourth-order valence-corrected chi connectivity index (χ4v) is 1.78. The van der Waals surface area contributed by atoms with Crippen LogP contribution in [0.15, 0.2) is 0 Å². The highest BCUT2D eigenvalue weighted by molar-refractivity contribution is 7.47. The van der Waals surface area contributed by atoms with E-state index < -0.39 is 7.82 Å². The number of amides is 2. The van der Waals surface area contributed by atoms with Gasteiger partial charge in [-0.3, -0.25) is 18.6 Å². The number of phosphoric acid groups is 1. The Morgan fingerprint density at radius 1 is 1.15 bits per heavy atom. The molecule has 0 bridgehead atoms. The average molecular weight is 310 g/mol. The molecule has 8 nitrogen and oxygen atoms in total. The van der Waals surface area contributed by atoms with E-state index in [1.54, 1.807) is 0 Å². The van der Waals surface area contributed by atoms with Crippen LogP contribution in [0.25, 0.3) is 0 Å². The predicted molar refractivity (Wildman–Crippen MR) is 72.9 cm³/mol. The maximum absolute atomic E-state index is 11.4. The molecule has 0 spiro atoms. The molecule has 0 aromatic rings. The minimum Gasteiger partial charge on any atom is -0.356 e. The molecule has 0 aromatic heterocycles.